The van der Waals surface area contributed by atoms with Crippen molar-refractivity contribution in [3.63, 3.8) is 0 Å². The Balaban J connectivity index is 2.20. The highest BCUT2D eigenvalue weighted by Gasteiger charge is 2.35. The number of rotatable bonds is 4. The average Bonchev–Trinajstić information content (AvgIpc) is 2.88. The topological polar surface area (TPSA) is 58.6 Å². The van der Waals surface area contributed by atoms with Gasteiger partial charge < -0.3 is 15.2 Å². The molecule has 2 rings (SSSR count). The lowest BCUT2D eigenvalue weighted by Crippen LogP contribution is -2.47. The van der Waals surface area contributed by atoms with Gasteiger partial charge >= 0.3 is 0 Å². The summed E-state index contributed by atoms with van der Waals surface area (Å²) < 4.78 is 5.02. The van der Waals surface area contributed by atoms with Gasteiger partial charge in [0.2, 0.25) is 0 Å². The van der Waals surface area contributed by atoms with Gasteiger partial charge in [-0.3, -0.25) is 4.79 Å². The van der Waals surface area contributed by atoms with Crippen molar-refractivity contribution >= 4 is 21.8 Å². The lowest BCUT2D eigenvalue weighted by atomic mass is 9.99. The molecule has 0 unspecified atom stereocenters. The van der Waals surface area contributed by atoms with Crippen LogP contribution in [-0.2, 0) is 0 Å². The van der Waals surface area contributed by atoms with Crippen molar-refractivity contribution in [3.8, 4) is 11.5 Å². The van der Waals surface area contributed by atoms with Crippen LogP contribution in [0.2, 0.25) is 0 Å². The molecule has 104 valence electrons. The van der Waals surface area contributed by atoms with Crippen LogP contribution >= 0.6 is 15.9 Å². The summed E-state index contributed by atoms with van der Waals surface area (Å²) in [5, 5.41) is 13.8. The summed E-state index contributed by atoms with van der Waals surface area (Å²) in [5.74, 6) is -0.0464. The van der Waals surface area contributed by atoms with E-state index in [9.17, 15) is 9.90 Å². The largest absolute Gasteiger partial charge is 0.504 e. The molecule has 0 aromatic heterocycles. The summed E-state index contributed by atoms with van der Waals surface area (Å²) in [6.45, 7) is 0. The number of alkyl halides is 1. The molecule has 1 aliphatic rings. The first kappa shape index (κ1) is 14.2. The lowest BCUT2D eigenvalue weighted by Gasteiger charge is -2.28. The third-order valence-corrected chi connectivity index (χ3v) is 4.73. The van der Waals surface area contributed by atoms with Crippen molar-refractivity contribution < 1.29 is 14.6 Å². The van der Waals surface area contributed by atoms with Gasteiger partial charge in [-0.2, -0.15) is 0 Å². The van der Waals surface area contributed by atoms with Gasteiger partial charge in [-0.25, -0.2) is 0 Å². The minimum Gasteiger partial charge on any atom is -0.504 e. The number of carbonyl (C=O) groups excluding carboxylic acids is 1. The maximum atomic E-state index is 12.3. The van der Waals surface area contributed by atoms with Gasteiger partial charge in [0, 0.05) is 5.33 Å². The number of methoxy groups -OCH3 is 1. The SMILES string of the molecule is COc1cccc(C(=O)NC2(CBr)CCCC2)c1O. The Bertz CT molecular complexity index is 470. The normalized spacial score (nSPS) is 17.2. The van der Waals surface area contributed by atoms with Crippen molar-refractivity contribution in [2.45, 2.75) is 31.2 Å². The van der Waals surface area contributed by atoms with Crippen LogP contribution in [0.15, 0.2) is 18.2 Å². The van der Waals surface area contributed by atoms with E-state index in [-0.39, 0.29) is 22.8 Å². The van der Waals surface area contributed by atoms with Gasteiger partial charge in [0.25, 0.3) is 5.91 Å². The third-order valence-electron chi connectivity index (χ3n) is 3.66. The Hall–Kier alpha value is -1.23. The van der Waals surface area contributed by atoms with Gasteiger partial charge in [0.1, 0.15) is 0 Å². The molecule has 19 heavy (non-hydrogen) atoms. The number of nitrogens with one attached hydrogen (secondary N) is 1. The summed E-state index contributed by atoms with van der Waals surface area (Å²) in [7, 11) is 1.47. The van der Waals surface area contributed by atoms with Crippen LogP contribution in [-0.4, -0.2) is 29.0 Å². The Morgan fingerprint density at radius 1 is 1.47 bits per heavy atom. The van der Waals surface area contributed by atoms with E-state index in [2.05, 4.69) is 21.2 Å². The number of phenols is 1. The Kier molecular flexibility index (Phi) is 4.34. The van der Waals surface area contributed by atoms with Crippen molar-refractivity contribution in [1.29, 1.82) is 0 Å². The standard InChI is InChI=1S/C14H18BrNO3/c1-19-11-6-4-5-10(12(11)17)13(18)16-14(9-15)7-2-3-8-14/h4-6,17H,2-3,7-9H2,1H3,(H,16,18). The molecular formula is C14H18BrNO3. The van der Waals surface area contributed by atoms with Crippen molar-refractivity contribution in [1.82, 2.24) is 5.32 Å². The molecule has 2 N–H and O–H groups in total. The number of hydrogen-bond donors (Lipinski definition) is 2. The number of para-hydroxylation sites is 1. The van der Waals surface area contributed by atoms with Crippen LogP contribution < -0.4 is 10.1 Å². The Labute approximate surface area is 121 Å². The Morgan fingerprint density at radius 3 is 2.74 bits per heavy atom. The molecule has 0 radical (unpaired) electrons. The molecule has 0 aliphatic heterocycles. The first-order chi connectivity index (χ1) is 9.12. The fourth-order valence-corrected chi connectivity index (χ4v) is 3.22. The first-order valence-electron chi connectivity index (χ1n) is 6.36. The number of halogens is 1. The van der Waals surface area contributed by atoms with E-state index < -0.39 is 0 Å². The van der Waals surface area contributed by atoms with Crippen LogP contribution in [0.1, 0.15) is 36.0 Å². The molecule has 0 heterocycles. The molecule has 5 heteroatoms. The van der Waals surface area contributed by atoms with Crippen molar-refractivity contribution in [2.75, 3.05) is 12.4 Å². The van der Waals surface area contributed by atoms with Crippen LogP contribution in [0, 0.1) is 0 Å². The zero-order chi connectivity index (χ0) is 13.9. The second-order valence-electron chi connectivity index (χ2n) is 4.93. The zero-order valence-electron chi connectivity index (χ0n) is 10.9. The number of amides is 1. The number of carbonyl (C=O) groups is 1. The predicted octanol–water partition coefficient (Wildman–Crippen LogP) is 2.84. The van der Waals surface area contributed by atoms with E-state index in [4.69, 9.17) is 4.74 Å². The fourth-order valence-electron chi connectivity index (χ4n) is 2.52. The highest BCUT2D eigenvalue weighted by atomic mass is 79.9. The first-order valence-corrected chi connectivity index (χ1v) is 7.48. The van der Waals surface area contributed by atoms with E-state index in [1.165, 1.54) is 7.11 Å². The highest BCUT2D eigenvalue weighted by molar-refractivity contribution is 9.09. The molecule has 1 aromatic rings. The molecule has 1 amide bonds. The molecule has 1 aliphatic carbocycles. The minimum atomic E-state index is -0.252. The maximum absolute atomic E-state index is 12.3. The predicted molar refractivity (Wildman–Crippen MR) is 77.1 cm³/mol. The zero-order valence-corrected chi connectivity index (χ0v) is 12.5. The van der Waals surface area contributed by atoms with E-state index in [1.807, 2.05) is 0 Å². The van der Waals surface area contributed by atoms with Crippen molar-refractivity contribution in [2.24, 2.45) is 0 Å². The number of hydrogen-bond acceptors (Lipinski definition) is 3. The molecular weight excluding hydrogens is 310 g/mol. The fraction of sp³-hybridized carbons (Fsp3) is 0.500. The summed E-state index contributed by atoms with van der Waals surface area (Å²) in [6, 6.07) is 4.93. The summed E-state index contributed by atoms with van der Waals surface area (Å²) >= 11 is 3.48. The monoisotopic (exact) mass is 327 g/mol. The highest BCUT2D eigenvalue weighted by Crippen LogP contribution is 2.33. The van der Waals surface area contributed by atoms with Crippen molar-refractivity contribution in [3.05, 3.63) is 23.8 Å². The second kappa shape index (κ2) is 5.82. The molecule has 1 fully saturated rings. The number of ether oxygens (including phenoxy) is 1. The molecule has 0 spiro atoms. The maximum Gasteiger partial charge on any atom is 0.255 e. The summed E-state index contributed by atoms with van der Waals surface area (Å²) in [6.07, 6.45) is 4.18. The van der Waals surface area contributed by atoms with E-state index in [1.54, 1.807) is 18.2 Å². The van der Waals surface area contributed by atoms with Gasteiger partial charge in [-0.15, -0.1) is 0 Å². The molecule has 1 aromatic carbocycles. The van der Waals surface area contributed by atoms with Gasteiger partial charge in [0.15, 0.2) is 11.5 Å². The van der Waals surface area contributed by atoms with E-state index >= 15 is 0 Å². The van der Waals surface area contributed by atoms with Crippen LogP contribution in [0.3, 0.4) is 0 Å². The number of benzene rings is 1. The van der Waals surface area contributed by atoms with Gasteiger partial charge in [-0.1, -0.05) is 34.8 Å². The summed E-state index contributed by atoms with van der Waals surface area (Å²) in [5.41, 5.74) is 0.0682. The van der Waals surface area contributed by atoms with Gasteiger partial charge in [-0.05, 0) is 25.0 Å². The molecule has 0 saturated heterocycles. The quantitative estimate of drug-likeness (QED) is 0.836. The smallest absolute Gasteiger partial charge is 0.255 e. The third kappa shape index (κ3) is 2.86. The minimum absolute atomic E-state index is 0.106. The number of phenolic OH excluding ortho intramolecular Hbond substituents is 1. The van der Waals surface area contributed by atoms with Crippen LogP contribution in [0.4, 0.5) is 0 Å². The molecule has 0 bridgehead atoms. The summed E-state index contributed by atoms with van der Waals surface area (Å²) in [4.78, 5) is 12.3. The van der Waals surface area contributed by atoms with Crippen LogP contribution in [0.25, 0.3) is 0 Å². The number of aromatic hydroxyl groups is 1. The van der Waals surface area contributed by atoms with E-state index in [0.29, 0.717) is 5.75 Å². The Morgan fingerprint density at radius 2 is 2.16 bits per heavy atom. The molecule has 0 atom stereocenters. The van der Waals surface area contributed by atoms with Gasteiger partial charge in [0.05, 0.1) is 18.2 Å². The molecule has 1 saturated carbocycles. The van der Waals surface area contributed by atoms with Crippen LogP contribution in [0.5, 0.6) is 11.5 Å². The average molecular weight is 328 g/mol. The lowest BCUT2D eigenvalue weighted by molar-refractivity contribution is 0.0907. The molecule has 4 nitrogen and oxygen atoms in total. The van der Waals surface area contributed by atoms with E-state index in [0.717, 1.165) is 31.0 Å². The second-order valence-corrected chi connectivity index (χ2v) is 5.49.